The number of carbonyl (C=O) groups is 1. The standard InChI is InChI=1S/C6H12O2.C4H8O2/c1-3-6(2)7-4-5-8-6;1-3-6-4(2)5/h3-5H2,1-2H3;3H2,1-2H3. The molecule has 0 saturated carbocycles. The largest absolute Gasteiger partial charge is 0.466 e. The van der Waals surface area contributed by atoms with Crippen molar-refractivity contribution in [3.8, 4) is 0 Å². The highest BCUT2D eigenvalue weighted by Gasteiger charge is 2.27. The van der Waals surface area contributed by atoms with E-state index in [0.717, 1.165) is 19.6 Å². The highest BCUT2D eigenvalue weighted by molar-refractivity contribution is 5.65. The molecule has 0 radical (unpaired) electrons. The van der Waals surface area contributed by atoms with Crippen LogP contribution in [0.25, 0.3) is 0 Å². The first-order chi connectivity index (χ1) is 6.54. The number of hydrogen-bond acceptors (Lipinski definition) is 4. The Morgan fingerprint density at radius 1 is 1.36 bits per heavy atom. The Morgan fingerprint density at radius 3 is 2.00 bits per heavy atom. The summed E-state index contributed by atoms with van der Waals surface area (Å²) in [5, 5.41) is 0. The van der Waals surface area contributed by atoms with Gasteiger partial charge in [0.2, 0.25) is 0 Å². The van der Waals surface area contributed by atoms with E-state index >= 15 is 0 Å². The molecule has 1 fully saturated rings. The van der Waals surface area contributed by atoms with Crippen molar-refractivity contribution in [1.29, 1.82) is 0 Å². The van der Waals surface area contributed by atoms with Crippen LogP contribution in [0, 0.1) is 0 Å². The van der Waals surface area contributed by atoms with Crippen molar-refractivity contribution < 1.29 is 19.0 Å². The summed E-state index contributed by atoms with van der Waals surface area (Å²) in [5.41, 5.74) is 0. The second kappa shape index (κ2) is 6.79. The maximum atomic E-state index is 9.82. The Morgan fingerprint density at radius 2 is 1.86 bits per heavy atom. The fourth-order valence-corrected chi connectivity index (χ4v) is 0.964. The van der Waals surface area contributed by atoms with E-state index < -0.39 is 0 Å². The van der Waals surface area contributed by atoms with Crippen LogP contribution in [0.4, 0.5) is 0 Å². The molecule has 0 atom stereocenters. The van der Waals surface area contributed by atoms with E-state index in [0.29, 0.717) is 6.61 Å². The monoisotopic (exact) mass is 204 g/mol. The molecule has 0 unspecified atom stereocenters. The fraction of sp³-hybridized carbons (Fsp3) is 0.900. The van der Waals surface area contributed by atoms with Crippen LogP contribution in [0.5, 0.6) is 0 Å². The first-order valence-electron chi connectivity index (χ1n) is 4.95. The third kappa shape index (κ3) is 5.94. The lowest BCUT2D eigenvalue weighted by atomic mass is 10.2. The molecule has 0 spiro atoms. The van der Waals surface area contributed by atoms with Crippen LogP contribution in [0.1, 0.15) is 34.1 Å². The normalized spacial score (nSPS) is 18.3. The second-order valence-corrected chi connectivity index (χ2v) is 3.11. The second-order valence-electron chi connectivity index (χ2n) is 3.11. The van der Waals surface area contributed by atoms with E-state index in [9.17, 15) is 4.79 Å². The van der Waals surface area contributed by atoms with Gasteiger partial charge in [-0.15, -0.1) is 0 Å². The molecule has 4 nitrogen and oxygen atoms in total. The van der Waals surface area contributed by atoms with Crippen molar-refractivity contribution in [2.45, 2.75) is 39.9 Å². The summed E-state index contributed by atoms with van der Waals surface area (Å²) in [7, 11) is 0. The first-order valence-corrected chi connectivity index (χ1v) is 4.95. The van der Waals surface area contributed by atoms with Gasteiger partial charge < -0.3 is 14.2 Å². The molecule has 0 amide bonds. The molecule has 0 aromatic carbocycles. The van der Waals surface area contributed by atoms with Gasteiger partial charge in [0.15, 0.2) is 5.79 Å². The van der Waals surface area contributed by atoms with Gasteiger partial charge in [0, 0.05) is 6.92 Å². The molecule has 1 aliphatic heterocycles. The zero-order valence-electron chi connectivity index (χ0n) is 9.46. The van der Waals surface area contributed by atoms with Crippen LogP contribution in [-0.4, -0.2) is 31.6 Å². The molecule has 0 aromatic heterocycles. The van der Waals surface area contributed by atoms with Crippen LogP contribution >= 0.6 is 0 Å². The zero-order chi connectivity index (χ0) is 11.0. The van der Waals surface area contributed by atoms with Crippen molar-refractivity contribution in [3.63, 3.8) is 0 Å². The number of carbonyl (C=O) groups excluding carboxylic acids is 1. The van der Waals surface area contributed by atoms with Gasteiger partial charge in [0.05, 0.1) is 19.8 Å². The van der Waals surface area contributed by atoms with Crippen LogP contribution < -0.4 is 0 Å². The van der Waals surface area contributed by atoms with Gasteiger partial charge in [-0.1, -0.05) is 6.92 Å². The van der Waals surface area contributed by atoms with Gasteiger partial charge >= 0.3 is 5.97 Å². The number of rotatable bonds is 2. The molecule has 1 saturated heterocycles. The average molecular weight is 204 g/mol. The first kappa shape index (κ1) is 13.4. The Kier molecular flexibility index (Phi) is 6.49. The van der Waals surface area contributed by atoms with E-state index in [1.54, 1.807) is 6.92 Å². The summed E-state index contributed by atoms with van der Waals surface area (Å²) in [5.74, 6) is -0.475. The molecular weight excluding hydrogens is 184 g/mol. The Bertz CT molecular complexity index is 162. The molecule has 0 aromatic rings. The van der Waals surface area contributed by atoms with Gasteiger partial charge in [-0.05, 0) is 20.3 Å². The third-order valence-corrected chi connectivity index (χ3v) is 1.89. The summed E-state index contributed by atoms with van der Waals surface area (Å²) >= 11 is 0. The lowest BCUT2D eigenvalue weighted by Gasteiger charge is -2.18. The van der Waals surface area contributed by atoms with Crippen molar-refractivity contribution in [2.75, 3.05) is 19.8 Å². The summed E-state index contributed by atoms with van der Waals surface area (Å²) in [6.45, 7) is 9.19. The molecular formula is C10H20O4. The SMILES string of the molecule is CCC1(C)OCCO1.CCOC(C)=O. The molecule has 1 rings (SSSR count). The summed E-state index contributed by atoms with van der Waals surface area (Å²) < 4.78 is 14.9. The van der Waals surface area contributed by atoms with E-state index in [2.05, 4.69) is 11.7 Å². The smallest absolute Gasteiger partial charge is 0.302 e. The lowest BCUT2D eigenvalue weighted by molar-refractivity contribution is -0.143. The van der Waals surface area contributed by atoms with Crippen LogP contribution in [-0.2, 0) is 19.0 Å². The van der Waals surface area contributed by atoms with Crippen molar-refractivity contribution >= 4 is 5.97 Å². The maximum absolute atomic E-state index is 9.82. The van der Waals surface area contributed by atoms with E-state index in [1.807, 2.05) is 6.92 Å². The molecule has 0 aliphatic carbocycles. The van der Waals surface area contributed by atoms with Crippen LogP contribution in [0.2, 0.25) is 0 Å². The van der Waals surface area contributed by atoms with Crippen LogP contribution in [0.15, 0.2) is 0 Å². The minimum absolute atomic E-state index is 0.211. The molecule has 0 bridgehead atoms. The average Bonchev–Trinajstić information content (AvgIpc) is 2.54. The van der Waals surface area contributed by atoms with E-state index in [-0.39, 0.29) is 11.8 Å². The van der Waals surface area contributed by atoms with Gasteiger partial charge in [-0.25, -0.2) is 0 Å². The Labute approximate surface area is 85.5 Å². The van der Waals surface area contributed by atoms with Gasteiger partial charge in [-0.2, -0.15) is 0 Å². The quantitative estimate of drug-likeness (QED) is 0.642. The number of esters is 1. The molecule has 4 heteroatoms. The van der Waals surface area contributed by atoms with Crippen molar-refractivity contribution in [1.82, 2.24) is 0 Å². The highest BCUT2D eigenvalue weighted by atomic mass is 16.7. The topological polar surface area (TPSA) is 44.8 Å². The third-order valence-electron chi connectivity index (χ3n) is 1.89. The van der Waals surface area contributed by atoms with Gasteiger partial charge in [0.1, 0.15) is 0 Å². The molecule has 1 heterocycles. The molecule has 1 aliphatic rings. The Balaban J connectivity index is 0.000000255. The van der Waals surface area contributed by atoms with Crippen molar-refractivity contribution in [3.05, 3.63) is 0 Å². The highest BCUT2D eigenvalue weighted by Crippen LogP contribution is 2.21. The maximum Gasteiger partial charge on any atom is 0.302 e. The minimum Gasteiger partial charge on any atom is -0.466 e. The van der Waals surface area contributed by atoms with Crippen molar-refractivity contribution in [2.24, 2.45) is 0 Å². The lowest BCUT2D eigenvalue weighted by Crippen LogP contribution is -2.23. The van der Waals surface area contributed by atoms with E-state index in [4.69, 9.17) is 9.47 Å². The Hall–Kier alpha value is -0.610. The van der Waals surface area contributed by atoms with Gasteiger partial charge in [-0.3, -0.25) is 4.79 Å². The minimum atomic E-state index is -0.264. The summed E-state index contributed by atoms with van der Waals surface area (Å²) in [6, 6.07) is 0. The van der Waals surface area contributed by atoms with Gasteiger partial charge in [0.25, 0.3) is 0 Å². The molecule has 0 N–H and O–H groups in total. The fourth-order valence-electron chi connectivity index (χ4n) is 0.964. The predicted octanol–water partition coefficient (Wildman–Crippen LogP) is 1.73. The molecule has 14 heavy (non-hydrogen) atoms. The molecule has 84 valence electrons. The predicted molar refractivity (Wildman–Crippen MR) is 52.9 cm³/mol. The zero-order valence-corrected chi connectivity index (χ0v) is 9.46. The number of ether oxygens (including phenoxy) is 3. The van der Waals surface area contributed by atoms with E-state index in [1.165, 1.54) is 6.92 Å². The summed E-state index contributed by atoms with van der Waals surface area (Å²) in [6.07, 6.45) is 0.938. The summed E-state index contributed by atoms with van der Waals surface area (Å²) in [4.78, 5) is 9.82. The number of hydrogen-bond donors (Lipinski definition) is 0. The van der Waals surface area contributed by atoms with Crippen LogP contribution in [0.3, 0.4) is 0 Å².